The van der Waals surface area contributed by atoms with Gasteiger partial charge in [0.1, 0.15) is 0 Å². The molecular weight excluding hydrogens is 226 g/mol. The molecule has 84 valence electrons. The molecule has 0 aliphatic rings. The molecular formula is C12H18ClNS. The third kappa shape index (κ3) is 4.80. The number of benzene rings is 1. The summed E-state index contributed by atoms with van der Waals surface area (Å²) >= 11 is 8.02. The number of halogens is 1. The zero-order valence-electron chi connectivity index (χ0n) is 9.29. The first kappa shape index (κ1) is 12.7. The summed E-state index contributed by atoms with van der Waals surface area (Å²) in [4.78, 5) is 0. The standard InChI is InChI=1S/C12H18ClNS/c1-3-10(2)15-9-8-14-12-7-5-4-6-11(12)13/h4-7,10,14H,3,8-9H2,1-2H3. The molecule has 1 nitrogen and oxygen atoms in total. The Hall–Kier alpha value is -0.340. The second-order valence-corrected chi connectivity index (χ2v) is 5.45. The molecule has 0 saturated heterocycles. The van der Waals surface area contributed by atoms with Crippen LogP contribution in [0.25, 0.3) is 0 Å². The van der Waals surface area contributed by atoms with Gasteiger partial charge in [-0.15, -0.1) is 0 Å². The van der Waals surface area contributed by atoms with E-state index in [1.807, 2.05) is 36.0 Å². The van der Waals surface area contributed by atoms with Crippen molar-refractivity contribution in [1.29, 1.82) is 0 Å². The van der Waals surface area contributed by atoms with Gasteiger partial charge in [0.25, 0.3) is 0 Å². The van der Waals surface area contributed by atoms with E-state index in [0.29, 0.717) is 0 Å². The Bertz CT molecular complexity index is 291. The normalized spacial score (nSPS) is 12.5. The molecule has 1 aromatic rings. The monoisotopic (exact) mass is 243 g/mol. The average molecular weight is 244 g/mol. The van der Waals surface area contributed by atoms with E-state index in [-0.39, 0.29) is 0 Å². The topological polar surface area (TPSA) is 12.0 Å². The second-order valence-electron chi connectivity index (χ2n) is 3.50. The van der Waals surface area contributed by atoms with Crippen LogP contribution in [0.15, 0.2) is 24.3 Å². The van der Waals surface area contributed by atoms with Gasteiger partial charge < -0.3 is 5.32 Å². The van der Waals surface area contributed by atoms with Crippen molar-refractivity contribution in [2.24, 2.45) is 0 Å². The van der Waals surface area contributed by atoms with Gasteiger partial charge >= 0.3 is 0 Å². The van der Waals surface area contributed by atoms with E-state index >= 15 is 0 Å². The Morgan fingerprint density at radius 3 is 2.80 bits per heavy atom. The summed E-state index contributed by atoms with van der Waals surface area (Å²) in [6.45, 7) is 5.46. The highest BCUT2D eigenvalue weighted by Crippen LogP contribution is 2.20. The van der Waals surface area contributed by atoms with Gasteiger partial charge in [-0.05, 0) is 18.6 Å². The first-order chi connectivity index (χ1) is 7.24. The molecule has 0 aliphatic heterocycles. The Labute approximate surface area is 102 Å². The lowest BCUT2D eigenvalue weighted by atomic mass is 10.3. The van der Waals surface area contributed by atoms with E-state index in [9.17, 15) is 0 Å². The Balaban J connectivity index is 2.23. The molecule has 0 saturated carbocycles. The molecule has 0 aromatic heterocycles. The maximum Gasteiger partial charge on any atom is 0.0637 e. The van der Waals surface area contributed by atoms with Crippen LogP contribution in [0.1, 0.15) is 20.3 Å². The molecule has 1 N–H and O–H groups in total. The summed E-state index contributed by atoms with van der Waals surface area (Å²) in [5, 5.41) is 4.89. The highest BCUT2D eigenvalue weighted by atomic mass is 35.5. The fourth-order valence-corrected chi connectivity index (χ4v) is 2.23. The lowest BCUT2D eigenvalue weighted by Crippen LogP contribution is -2.06. The Morgan fingerprint density at radius 1 is 1.40 bits per heavy atom. The molecule has 0 amide bonds. The third-order valence-corrected chi connectivity index (χ3v) is 3.94. The molecule has 3 heteroatoms. The van der Waals surface area contributed by atoms with Gasteiger partial charge in [0.15, 0.2) is 0 Å². The summed E-state index contributed by atoms with van der Waals surface area (Å²) in [5.74, 6) is 1.13. The summed E-state index contributed by atoms with van der Waals surface area (Å²) in [5.41, 5.74) is 1.03. The van der Waals surface area contributed by atoms with Gasteiger partial charge in [-0.3, -0.25) is 0 Å². The van der Waals surface area contributed by atoms with Crippen molar-refractivity contribution in [1.82, 2.24) is 0 Å². The highest BCUT2D eigenvalue weighted by Gasteiger charge is 1.99. The van der Waals surface area contributed by atoms with Gasteiger partial charge in [-0.25, -0.2) is 0 Å². The van der Waals surface area contributed by atoms with Crippen molar-refractivity contribution < 1.29 is 0 Å². The maximum atomic E-state index is 6.02. The summed E-state index contributed by atoms with van der Waals surface area (Å²) in [7, 11) is 0. The van der Waals surface area contributed by atoms with Crippen LogP contribution in [-0.2, 0) is 0 Å². The molecule has 0 bridgehead atoms. The molecule has 1 unspecified atom stereocenters. The Morgan fingerprint density at radius 2 is 2.13 bits per heavy atom. The summed E-state index contributed by atoms with van der Waals surface area (Å²) < 4.78 is 0. The zero-order valence-corrected chi connectivity index (χ0v) is 10.9. The van der Waals surface area contributed by atoms with Crippen molar-refractivity contribution in [3.8, 4) is 0 Å². The number of hydrogen-bond acceptors (Lipinski definition) is 2. The van der Waals surface area contributed by atoms with Crippen LogP contribution in [0.5, 0.6) is 0 Å². The molecule has 0 spiro atoms. The lowest BCUT2D eigenvalue weighted by molar-refractivity contribution is 0.905. The van der Waals surface area contributed by atoms with Gasteiger partial charge in [-0.1, -0.05) is 37.6 Å². The molecule has 0 aliphatic carbocycles. The Kier molecular flexibility index (Phi) is 5.96. The molecule has 15 heavy (non-hydrogen) atoms. The second kappa shape index (κ2) is 7.02. The van der Waals surface area contributed by atoms with Gasteiger partial charge in [0.05, 0.1) is 10.7 Å². The first-order valence-electron chi connectivity index (χ1n) is 5.34. The minimum Gasteiger partial charge on any atom is -0.383 e. The van der Waals surface area contributed by atoms with Crippen LogP contribution >= 0.6 is 23.4 Å². The number of para-hydroxylation sites is 1. The number of anilines is 1. The van der Waals surface area contributed by atoms with E-state index in [4.69, 9.17) is 11.6 Å². The molecule has 1 aromatic carbocycles. The number of hydrogen-bond donors (Lipinski definition) is 1. The molecule has 0 heterocycles. The number of thioether (sulfide) groups is 1. The predicted octanol–water partition coefficient (Wildman–Crippen LogP) is 4.28. The van der Waals surface area contributed by atoms with E-state index in [1.165, 1.54) is 6.42 Å². The molecule has 0 radical (unpaired) electrons. The van der Waals surface area contributed by atoms with Crippen LogP contribution in [0.3, 0.4) is 0 Å². The lowest BCUT2D eigenvalue weighted by Gasteiger charge is -2.10. The van der Waals surface area contributed by atoms with Crippen LogP contribution in [0.2, 0.25) is 5.02 Å². The van der Waals surface area contributed by atoms with Crippen LogP contribution in [0.4, 0.5) is 5.69 Å². The van der Waals surface area contributed by atoms with Crippen LogP contribution < -0.4 is 5.32 Å². The average Bonchev–Trinajstić information content (AvgIpc) is 2.26. The predicted molar refractivity (Wildman–Crippen MR) is 72.2 cm³/mol. The van der Waals surface area contributed by atoms with Crippen molar-refractivity contribution in [2.45, 2.75) is 25.5 Å². The summed E-state index contributed by atoms with van der Waals surface area (Å²) in [6.07, 6.45) is 1.23. The molecule has 1 atom stereocenters. The van der Waals surface area contributed by atoms with E-state index in [2.05, 4.69) is 19.2 Å². The fraction of sp³-hybridized carbons (Fsp3) is 0.500. The highest BCUT2D eigenvalue weighted by molar-refractivity contribution is 7.99. The summed E-state index contributed by atoms with van der Waals surface area (Å²) in [6, 6.07) is 7.86. The van der Waals surface area contributed by atoms with Crippen molar-refractivity contribution >= 4 is 29.1 Å². The first-order valence-corrected chi connectivity index (χ1v) is 6.76. The van der Waals surface area contributed by atoms with Gasteiger partial charge in [0.2, 0.25) is 0 Å². The third-order valence-electron chi connectivity index (χ3n) is 2.27. The SMILES string of the molecule is CCC(C)SCCNc1ccccc1Cl. The molecule has 0 fully saturated rings. The van der Waals surface area contributed by atoms with E-state index in [0.717, 1.165) is 28.3 Å². The van der Waals surface area contributed by atoms with Crippen molar-refractivity contribution in [2.75, 3.05) is 17.6 Å². The van der Waals surface area contributed by atoms with Crippen LogP contribution in [0, 0.1) is 0 Å². The van der Waals surface area contributed by atoms with E-state index in [1.54, 1.807) is 0 Å². The minimum atomic E-state index is 0.748. The number of rotatable bonds is 6. The quantitative estimate of drug-likeness (QED) is 0.749. The number of nitrogens with one attached hydrogen (secondary N) is 1. The van der Waals surface area contributed by atoms with Gasteiger partial charge in [-0.2, -0.15) is 11.8 Å². The van der Waals surface area contributed by atoms with Crippen LogP contribution in [-0.4, -0.2) is 17.5 Å². The molecule has 1 rings (SSSR count). The zero-order chi connectivity index (χ0) is 11.1. The van der Waals surface area contributed by atoms with Gasteiger partial charge in [0, 0.05) is 17.5 Å². The fourth-order valence-electron chi connectivity index (χ4n) is 1.17. The van der Waals surface area contributed by atoms with E-state index < -0.39 is 0 Å². The van der Waals surface area contributed by atoms with Crippen molar-refractivity contribution in [3.63, 3.8) is 0 Å². The smallest absolute Gasteiger partial charge is 0.0637 e. The largest absolute Gasteiger partial charge is 0.383 e. The van der Waals surface area contributed by atoms with Crippen molar-refractivity contribution in [3.05, 3.63) is 29.3 Å². The minimum absolute atomic E-state index is 0.748. The maximum absolute atomic E-state index is 6.02.